The topological polar surface area (TPSA) is 101 Å². The Balaban J connectivity index is 2.23. The van der Waals surface area contributed by atoms with Crippen molar-refractivity contribution in [1.29, 1.82) is 0 Å². The van der Waals surface area contributed by atoms with Crippen molar-refractivity contribution in [2.24, 2.45) is 0 Å². The second-order valence-electron chi connectivity index (χ2n) is 4.10. The molecule has 2 unspecified atom stereocenters. The first-order valence-corrected chi connectivity index (χ1v) is 5.13. The van der Waals surface area contributed by atoms with E-state index in [0.717, 1.165) is 0 Å². The van der Waals surface area contributed by atoms with Gasteiger partial charge in [-0.3, -0.25) is 14.9 Å². The van der Waals surface area contributed by atoms with E-state index in [4.69, 9.17) is 0 Å². The first kappa shape index (κ1) is 11.7. The van der Waals surface area contributed by atoms with Crippen molar-refractivity contribution in [2.75, 3.05) is 0 Å². The number of carbonyl (C=O) groups is 1. The summed E-state index contributed by atoms with van der Waals surface area (Å²) >= 11 is 0. The van der Waals surface area contributed by atoms with Crippen LogP contribution in [0.15, 0.2) is 24.3 Å². The van der Waals surface area contributed by atoms with Crippen molar-refractivity contribution < 1.29 is 19.9 Å². The second kappa shape index (κ2) is 3.90. The SMILES string of the molecule is O=C1CCC1(O)C(O)c1ccc([N+](=O)[O-])cc1. The number of aliphatic hydroxyl groups is 2. The molecular weight excluding hydrogens is 226 g/mol. The number of carbonyl (C=O) groups excluding carboxylic acids is 1. The van der Waals surface area contributed by atoms with E-state index in [1.54, 1.807) is 0 Å². The largest absolute Gasteiger partial charge is 0.385 e. The molecule has 1 fully saturated rings. The highest BCUT2D eigenvalue weighted by atomic mass is 16.6. The Kier molecular flexibility index (Phi) is 2.68. The van der Waals surface area contributed by atoms with E-state index in [1.165, 1.54) is 24.3 Å². The molecule has 1 aromatic carbocycles. The molecule has 0 bridgehead atoms. The Morgan fingerprint density at radius 1 is 1.35 bits per heavy atom. The second-order valence-corrected chi connectivity index (χ2v) is 4.10. The van der Waals surface area contributed by atoms with Crippen LogP contribution in [-0.4, -0.2) is 26.5 Å². The molecule has 17 heavy (non-hydrogen) atoms. The normalized spacial score (nSPS) is 25.2. The molecule has 0 saturated heterocycles. The van der Waals surface area contributed by atoms with E-state index >= 15 is 0 Å². The summed E-state index contributed by atoms with van der Waals surface area (Å²) in [6, 6.07) is 5.13. The Hall–Kier alpha value is -1.79. The number of nitro benzene ring substituents is 1. The number of nitro groups is 1. The summed E-state index contributed by atoms with van der Waals surface area (Å²) in [6.45, 7) is 0. The summed E-state index contributed by atoms with van der Waals surface area (Å²) in [7, 11) is 0. The summed E-state index contributed by atoms with van der Waals surface area (Å²) in [5, 5.41) is 30.1. The van der Waals surface area contributed by atoms with E-state index in [1.807, 2.05) is 0 Å². The lowest BCUT2D eigenvalue weighted by molar-refractivity contribution is -0.384. The van der Waals surface area contributed by atoms with Crippen LogP contribution in [0, 0.1) is 10.1 Å². The van der Waals surface area contributed by atoms with Crippen molar-refractivity contribution in [3.8, 4) is 0 Å². The first-order valence-electron chi connectivity index (χ1n) is 5.13. The Morgan fingerprint density at radius 3 is 2.29 bits per heavy atom. The van der Waals surface area contributed by atoms with Gasteiger partial charge in [-0.05, 0) is 24.1 Å². The van der Waals surface area contributed by atoms with Crippen LogP contribution in [0.5, 0.6) is 0 Å². The third-order valence-electron chi connectivity index (χ3n) is 3.09. The number of rotatable bonds is 3. The lowest BCUT2D eigenvalue weighted by Gasteiger charge is -2.38. The number of ketones is 1. The van der Waals surface area contributed by atoms with E-state index < -0.39 is 22.4 Å². The van der Waals surface area contributed by atoms with E-state index in [9.17, 15) is 25.1 Å². The molecule has 0 aliphatic heterocycles. The van der Waals surface area contributed by atoms with Gasteiger partial charge in [0.1, 0.15) is 6.10 Å². The maximum absolute atomic E-state index is 11.2. The van der Waals surface area contributed by atoms with Gasteiger partial charge in [-0.1, -0.05) is 0 Å². The lowest BCUT2D eigenvalue weighted by Crippen LogP contribution is -2.52. The van der Waals surface area contributed by atoms with Gasteiger partial charge < -0.3 is 10.2 Å². The molecule has 2 rings (SSSR count). The molecular formula is C11H11NO5. The van der Waals surface area contributed by atoms with Crippen LogP contribution in [0.4, 0.5) is 5.69 Å². The molecule has 2 atom stereocenters. The van der Waals surface area contributed by atoms with Crippen LogP contribution < -0.4 is 0 Å². The number of non-ortho nitro benzene ring substituents is 1. The zero-order valence-electron chi connectivity index (χ0n) is 8.87. The maximum Gasteiger partial charge on any atom is 0.269 e. The molecule has 1 aliphatic carbocycles. The van der Waals surface area contributed by atoms with Crippen molar-refractivity contribution in [2.45, 2.75) is 24.5 Å². The summed E-state index contributed by atoms with van der Waals surface area (Å²) in [4.78, 5) is 21.1. The number of aliphatic hydroxyl groups excluding tert-OH is 1. The lowest BCUT2D eigenvalue weighted by atomic mass is 9.73. The van der Waals surface area contributed by atoms with Gasteiger partial charge in [-0.25, -0.2) is 0 Å². The van der Waals surface area contributed by atoms with Crippen LogP contribution in [0.3, 0.4) is 0 Å². The highest BCUT2D eigenvalue weighted by Crippen LogP contribution is 2.39. The van der Waals surface area contributed by atoms with E-state index in [0.29, 0.717) is 5.56 Å². The molecule has 0 amide bonds. The van der Waals surface area contributed by atoms with Crippen LogP contribution in [0.25, 0.3) is 0 Å². The van der Waals surface area contributed by atoms with Crippen molar-refractivity contribution in [1.82, 2.24) is 0 Å². The van der Waals surface area contributed by atoms with Crippen LogP contribution >= 0.6 is 0 Å². The summed E-state index contributed by atoms with van der Waals surface area (Å²) < 4.78 is 0. The standard InChI is InChI=1S/C11H11NO5/c13-9-5-6-11(9,15)10(14)7-1-3-8(4-2-7)12(16)17/h1-4,10,14-15H,5-6H2. The summed E-state index contributed by atoms with van der Waals surface area (Å²) in [6.07, 6.45) is -0.866. The molecule has 1 saturated carbocycles. The molecule has 0 aromatic heterocycles. The van der Waals surface area contributed by atoms with Crippen molar-refractivity contribution in [3.05, 3.63) is 39.9 Å². The minimum atomic E-state index is -1.73. The van der Waals surface area contributed by atoms with Gasteiger partial charge in [0.25, 0.3) is 5.69 Å². The molecule has 6 heteroatoms. The van der Waals surface area contributed by atoms with Gasteiger partial charge >= 0.3 is 0 Å². The van der Waals surface area contributed by atoms with Crippen LogP contribution in [0.2, 0.25) is 0 Å². The average molecular weight is 237 g/mol. The van der Waals surface area contributed by atoms with Crippen molar-refractivity contribution >= 4 is 11.5 Å². The van der Waals surface area contributed by atoms with Crippen LogP contribution in [0.1, 0.15) is 24.5 Å². The smallest absolute Gasteiger partial charge is 0.269 e. The molecule has 6 nitrogen and oxygen atoms in total. The third kappa shape index (κ3) is 1.81. The highest BCUT2D eigenvalue weighted by Gasteiger charge is 2.50. The molecule has 1 aliphatic rings. The number of nitrogens with zero attached hydrogens (tertiary/aromatic N) is 1. The molecule has 2 N–H and O–H groups in total. The Morgan fingerprint density at radius 2 is 1.94 bits per heavy atom. The number of hydrogen-bond donors (Lipinski definition) is 2. The number of Topliss-reactive ketones (excluding diaryl/α,β-unsaturated/α-hetero) is 1. The quantitative estimate of drug-likeness (QED) is 0.596. The fourth-order valence-corrected chi connectivity index (χ4v) is 1.83. The maximum atomic E-state index is 11.2. The van der Waals surface area contributed by atoms with Gasteiger partial charge in [-0.2, -0.15) is 0 Å². The first-order chi connectivity index (χ1) is 7.95. The number of benzene rings is 1. The van der Waals surface area contributed by atoms with Gasteiger partial charge in [0.15, 0.2) is 11.4 Å². The molecule has 0 heterocycles. The minimum Gasteiger partial charge on any atom is -0.385 e. The van der Waals surface area contributed by atoms with Gasteiger partial charge in [0, 0.05) is 18.6 Å². The fourth-order valence-electron chi connectivity index (χ4n) is 1.83. The summed E-state index contributed by atoms with van der Waals surface area (Å²) in [5.74, 6) is -0.400. The zero-order valence-corrected chi connectivity index (χ0v) is 8.87. The third-order valence-corrected chi connectivity index (χ3v) is 3.09. The average Bonchev–Trinajstić information content (AvgIpc) is 2.35. The Bertz CT molecular complexity index is 469. The van der Waals surface area contributed by atoms with Gasteiger partial charge in [-0.15, -0.1) is 0 Å². The van der Waals surface area contributed by atoms with Gasteiger partial charge in [0.05, 0.1) is 4.92 Å². The number of hydrogen-bond acceptors (Lipinski definition) is 5. The van der Waals surface area contributed by atoms with E-state index in [-0.39, 0.29) is 18.5 Å². The highest BCUT2D eigenvalue weighted by molar-refractivity contribution is 5.93. The van der Waals surface area contributed by atoms with Crippen LogP contribution in [-0.2, 0) is 4.79 Å². The predicted molar refractivity (Wildman–Crippen MR) is 57.2 cm³/mol. The summed E-state index contributed by atoms with van der Waals surface area (Å²) in [5.41, 5.74) is -1.53. The molecule has 0 spiro atoms. The zero-order chi connectivity index (χ0) is 12.6. The minimum absolute atomic E-state index is 0.104. The van der Waals surface area contributed by atoms with Gasteiger partial charge in [0.2, 0.25) is 0 Å². The predicted octanol–water partition coefficient (Wildman–Crippen LogP) is 0.722. The molecule has 1 aromatic rings. The fraction of sp³-hybridized carbons (Fsp3) is 0.364. The molecule has 0 radical (unpaired) electrons. The Labute approximate surface area is 96.7 Å². The molecule has 90 valence electrons. The van der Waals surface area contributed by atoms with Crippen molar-refractivity contribution in [3.63, 3.8) is 0 Å². The monoisotopic (exact) mass is 237 g/mol. The van der Waals surface area contributed by atoms with E-state index in [2.05, 4.69) is 0 Å².